The molecule has 1 heterocycles. The quantitative estimate of drug-likeness (QED) is 0.0296. The number of nitrogens with one attached hydrogen (secondary N) is 6. The Bertz CT molecular complexity index is 1080. The molecule has 45 heavy (non-hydrogen) atoms. The van der Waals surface area contributed by atoms with E-state index in [1.807, 2.05) is 13.8 Å². The Morgan fingerprint density at radius 2 is 1.84 bits per heavy atom. The number of nitrogens with zero attached hydrogens (tertiary/aromatic N) is 1. The van der Waals surface area contributed by atoms with Gasteiger partial charge in [-0.15, -0.1) is 0 Å². The van der Waals surface area contributed by atoms with E-state index < -0.39 is 53.4 Å². The Morgan fingerprint density at radius 1 is 1.11 bits per heavy atom. The van der Waals surface area contributed by atoms with Gasteiger partial charge in [-0.05, 0) is 62.2 Å². The van der Waals surface area contributed by atoms with Gasteiger partial charge in [0.05, 0.1) is 37.4 Å². The normalized spacial score (nSPS) is 25.8. The molecule has 0 aromatic heterocycles. The number of carbonyl (C=O) groups excluding carboxylic acids is 3. The number of amides is 3. The Labute approximate surface area is 264 Å². The molecule has 17 heteroatoms. The van der Waals surface area contributed by atoms with Gasteiger partial charge in [-0.1, -0.05) is 33.1 Å². The van der Waals surface area contributed by atoms with Gasteiger partial charge < -0.3 is 40.0 Å². The molecule has 3 aliphatic carbocycles. The van der Waals surface area contributed by atoms with Crippen molar-refractivity contribution in [1.29, 1.82) is 5.41 Å². The van der Waals surface area contributed by atoms with Gasteiger partial charge in [-0.2, -0.15) is 0 Å². The zero-order valence-electron chi connectivity index (χ0n) is 27.2. The Morgan fingerprint density at radius 3 is 2.49 bits per heavy atom. The van der Waals surface area contributed by atoms with Crippen LogP contribution < -0.4 is 26.7 Å². The number of rotatable bonds is 18. The lowest BCUT2D eigenvalue weighted by Gasteiger charge is -2.64. The zero-order chi connectivity index (χ0) is 33.4. The summed E-state index contributed by atoms with van der Waals surface area (Å²) in [5.74, 6) is -1.34. The zero-order valence-corrected chi connectivity index (χ0v) is 27.2. The third-order valence-corrected chi connectivity index (χ3v) is 9.29. The first-order valence-corrected chi connectivity index (χ1v) is 15.7. The number of guanidine groups is 1. The van der Waals surface area contributed by atoms with E-state index in [4.69, 9.17) is 24.2 Å². The fourth-order valence-electron chi connectivity index (χ4n) is 6.80. The Hall–Kier alpha value is -3.02. The minimum Gasteiger partial charge on any atom is -0.404 e. The third-order valence-electron chi connectivity index (χ3n) is 9.29. The maximum atomic E-state index is 13.7. The molecule has 0 spiro atoms. The summed E-state index contributed by atoms with van der Waals surface area (Å²) in [6.45, 7) is 10.9. The van der Waals surface area contributed by atoms with Gasteiger partial charge >= 0.3 is 7.12 Å². The summed E-state index contributed by atoms with van der Waals surface area (Å²) in [6.07, 6.45) is 2.99. The number of hydrogen-bond acceptors (Lipinski definition) is 10. The second-order valence-corrected chi connectivity index (χ2v) is 13.3. The Balaban J connectivity index is 1.63. The van der Waals surface area contributed by atoms with E-state index in [0.29, 0.717) is 31.3 Å². The van der Waals surface area contributed by atoms with Crippen molar-refractivity contribution in [2.45, 2.75) is 90.4 Å². The smallest absolute Gasteiger partial charge is 0.404 e. The van der Waals surface area contributed by atoms with Gasteiger partial charge in [0.25, 0.3) is 5.96 Å². The molecule has 2 bridgehead atoms. The molecule has 4 fully saturated rings. The lowest BCUT2D eigenvalue weighted by molar-refractivity contribution is -0.525. The van der Waals surface area contributed by atoms with Crippen molar-refractivity contribution in [2.75, 3.05) is 40.0 Å². The van der Waals surface area contributed by atoms with Gasteiger partial charge in [0.15, 0.2) is 5.03 Å². The number of carbonyl (C=O) groups is 3. The number of hydrazine groups is 1. The minimum atomic E-state index is -0.993. The molecular formula is C28H50BN7O9. The van der Waals surface area contributed by atoms with E-state index in [2.05, 4.69) is 42.0 Å². The van der Waals surface area contributed by atoms with Crippen LogP contribution >= 0.6 is 0 Å². The highest BCUT2D eigenvalue weighted by Crippen LogP contribution is 2.65. The molecule has 4 aliphatic rings. The van der Waals surface area contributed by atoms with Crippen LogP contribution in [0.4, 0.5) is 0 Å². The summed E-state index contributed by atoms with van der Waals surface area (Å²) in [5.41, 5.74) is 1.42. The molecule has 0 unspecified atom stereocenters. The largest absolute Gasteiger partial charge is 0.481 e. The van der Waals surface area contributed by atoms with Crippen LogP contribution in [0.3, 0.4) is 0 Å². The fraction of sp³-hybridized carbons (Fsp3) is 0.857. The predicted octanol–water partition coefficient (Wildman–Crippen LogP) is 0.135. The molecule has 16 nitrogen and oxygen atoms in total. The molecule has 3 saturated carbocycles. The van der Waals surface area contributed by atoms with Crippen LogP contribution in [0.15, 0.2) is 0 Å². The van der Waals surface area contributed by atoms with Crippen molar-refractivity contribution < 1.29 is 38.2 Å². The van der Waals surface area contributed by atoms with Crippen LogP contribution in [0.5, 0.6) is 0 Å². The van der Waals surface area contributed by atoms with Gasteiger partial charge in [0.1, 0.15) is 12.6 Å². The molecule has 4 rings (SSSR count). The third kappa shape index (κ3) is 9.74. The van der Waals surface area contributed by atoms with Crippen molar-refractivity contribution in [3.05, 3.63) is 10.1 Å². The molecule has 6 atom stereocenters. The monoisotopic (exact) mass is 639 g/mol. The predicted molar refractivity (Wildman–Crippen MR) is 164 cm³/mol. The highest BCUT2D eigenvalue weighted by Gasteiger charge is 2.68. The summed E-state index contributed by atoms with van der Waals surface area (Å²) in [7, 11) is 0.865. The van der Waals surface area contributed by atoms with Gasteiger partial charge in [0, 0.05) is 13.7 Å². The number of nitro groups is 1. The average molecular weight is 640 g/mol. The lowest BCUT2D eigenvalue weighted by atomic mass is 9.43. The van der Waals surface area contributed by atoms with Crippen molar-refractivity contribution >= 4 is 30.8 Å². The molecule has 254 valence electrons. The van der Waals surface area contributed by atoms with E-state index >= 15 is 0 Å². The summed E-state index contributed by atoms with van der Waals surface area (Å²) < 4.78 is 23.1. The second-order valence-electron chi connectivity index (χ2n) is 13.3. The fourth-order valence-corrected chi connectivity index (χ4v) is 6.80. The van der Waals surface area contributed by atoms with Crippen molar-refractivity contribution in [3.63, 3.8) is 0 Å². The topological polar surface area (TPSA) is 215 Å². The molecule has 0 aromatic carbocycles. The van der Waals surface area contributed by atoms with Crippen LogP contribution in [0.25, 0.3) is 0 Å². The van der Waals surface area contributed by atoms with Crippen molar-refractivity contribution in [3.8, 4) is 0 Å². The van der Waals surface area contributed by atoms with Crippen molar-refractivity contribution in [1.82, 2.24) is 26.7 Å². The van der Waals surface area contributed by atoms with Gasteiger partial charge in [-0.25, -0.2) is 10.1 Å². The maximum Gasteiger partial charge on any atom is 0.481 e. The molecule has 0 radical (unpaired) electrons. The van der Waals surface area contributed by atoms with Crippen LogP contribution in [-0.2, 0) is 33.2 Å². The van der Waals surface area contributed by atoms with Crippen LogP contribution in [0.2, 0.25) is 0 Å². The maximum absolute atomic E-state index is 13.7. The molecule has 0 aromatic rings. The molecule has 1 aliphatic heterocycles. The molecule has 6 N–H and O–H groups in total. The van der Waals surface area contributed by atoms with E-state index in [-0.39, 0.29) is 50.2 Å². The first-order valence-electron chi connectivity index (χ1n) is 15.7. The second kappa shape index (κ2) is 16.0. The minimum absolute atomic E-state index is 0.0578. The van der Waals surface area contributed by atoms with E-state index in [9.17, 15) is 24.5 Å². The van der Waals surface area contributed by atoms with E-state index in [0.717, 1.165) is 12.8 Å². The van der Waals surface area contributed by atoms with Crippen LogP contribution in [-0.4, -0.2) is 99.5 Å². The van der Waals surface area contributed by atoms with E-state index in [1.165, 1.54) is 7.11 Å². The van der Waals surface area contributed by atoms with E-state index in [1.54, 1.807) is 5.43 Å². The lowest BCUT2D eigenvalue weighted by Crippen LogP contribution is -2.65. The summed E-state index contributed by atoms with van der Waals surface area (Å²) >= 11 is 0. The standard InChI is InChI=1S/C28H50BN7O9/c1-17(2)12-22(29-44-21-14-18-13-20(27(18,3)4)28(21,5)45-29)34-25(39)19(8-7-9-31-26(30)35-36(40)41)33-23(37)15-32-24(38)16-43-11-10-42-6/h17-22H,7-16H2,1-6H3,(H,32,38)(H,33,37)(H,34,39)(H3,30,31,35)/t18-,19-,20-,21+,22-,28-/m0/s1. The number of methoxy groups -OCH3 is 1. The highest BCUT2D eigenvalue weighted by atomic mass is 16.7. The number of hydrogen-bond donors (Lipinski definition) is 6. The van der Waals surface area contributed by atoms with Gasteiger partial charge in [-0.3, -0.25) is 19.8 Å². The summed E-state index contributed by atoms with van der Waals surface area (Å²) in [4.78, 5) is 49.1. The van der Waals surface area contributed by atoms with Crippen LogP contribution in [0, 0.1) is 38.7 Å². The molecule has 3 amide bonds. The van der Waals surface area contributed by atoms with Gasteiger partial charge in [0.2, 0.25) is 17.7 Å². The number of ether oxygens (including phenoxy) is 2. The average Bonchev–Trinajstić information content (AvgIpc) is 3.32. The van der Waals surface area contributed by atoms with Crippen LogP contribution in [0.1, 0.15) is 66.7 Å². The molecular weight excluding hydrogens is 589 g/mol. The summed E-state index contributed by atoms with van der Waals surface area (Å²) in [6, 6.07) is -0.993. The molecule has 1 saturated heterocycles. The first-order chi connectivity index (χ1) is 21.2. The first kappa shape index (κ1) is 36.5. The highest BCUT2D eigenvalue weighted by molar-refractivity contribution is 6.48. The Kier molecular flexibility index (Phi) is 13.0. The SMILES string of the molecule is COCCOCC(=O)NCC(=O)N[C@@H](CCCNC(=N)N[N+](=O)[O-])C(=O)N[C@@H](CC(C)C)B1O[C@@H]2C[C@@H]3C[C@@H](C3(C)C)[C@]2(C)O1. The van der Waals surface area contributed by atoms with Crippen molar-refractivity contribution in [2.24, 2.45) is 23.2 Å². The summed E-state index contributed by atoms with van der Waals surface area (Å²) in [5, 5.41) is 28.0.